The van der Waals surface area contributed by atoms with Gasteiger partial charge < -0.3 is 11.5 Å². The van der Waals surface area contributed by atoms with Crippen LogP contribution in [0.2, 0.25) is 0 Å². The van der Waals surface area contributed by atoms with Crippen molar-refractivity contribution < 1.29 is 0 Å². The van der Waals surface area contributed by atoms with Crippen molar-refractivity contribution in [1.29, 1.82) is 0 Å². The van der Waals surface area contributed by atoms with Crippen molar-refractivity contribution >= 4 is 0 Å². The number of rotatable bonds is 2. The number of nitrogens with zero attached hydrogens (tertiary/aromatic N) is 1. The highest BCUT2D eigenvalue weighted by atomic mass is 15.0. The Morgan fingerprint density at radius 3 is 2.73 bits per heavy atom. The van der Waals surface area contributed by atoms with Gasteiger partial charge in [-0.15, -0.1) is 0 Å². The molecular weight excluding hydrogens is 186 g/mol. The smallest absolute Gasteiger partial charge is 0.0488 e. The molecule has 3 nitrogen and oxygen atoms in total. The van der Waals surface area contributed by atoms with Crippen LogP contribution in [0.15, 0.2) is 36.7 Å². The highest BCUT2D eigenvalue weighted by molar-refractivity contribution is 5.36. The average molecular weight is 201 g/mol. The Kier molecular flexibility index (Phi) is 1.75. The summed E-state index contributed by atoms with van der Waals surface area (Å²) in [6.45, 7) is 0. The Hall–Kier alpha value is -1.19. The first kappa shape index (κ1) is 9.07. The number of hydrogen-bond acceptors (Lipinski definition) is 3. The predicted octanol–water partition coefficient (Wildman–Crippen LogP) is 0.985. The van der Waals surface area contributed by atoms with Gasteiger partial charge >= 0.3 is 0 Å². The summed E-state index contributed by atoms with van der Waals surface area (Å²) < 4.78 is 0. The van der Waals surface area contributed by atoms with E-state index in [1.54, 1.807) is 12.4 Å². The van der Waals surface area contributed by atoms with Gasteiger partial charge in [-0.05, 0) is 30.0 Å². The lowest BCUT2D eigenvalue weighted by Gasteiger charge is -2.22. The maximum atomic E-state index is 6.37. The molecule has 4 N–H and O–H groups in total. The van der Waals surface area contributed by atoms with Gasteiger partial charge in [0.25, 0.3) is 0 Å². The third-order valence-corrected chi connectivity index (χ3v) is 3.88. The molecule has 0 spiro atoms. The number of nitrogens with two attached hydrogens (primary N) is 2. The van der Waals surface area contributed by atoms with Gasteiger partial charge in [0.2, 0.25) is 0 Å². The molecule has 0 amide bonds. The van der Waals surface area contributed by atoms with Gasteiger partial charge in [0.1, 0.15) is 0 Å². The highest BCUT2D eigenvalue weighted by Crippen LogP contribution is 2.60. The minimum Gasteiger partial charge on any atom is -0.323 e. The van der Waals surface area contributed by atoms with E-state index in [9.17, 15) is 0 Å². The monoisotopic (exact) mass is 201 g/mol. The van der Waals surface area contributed by atoms with E-state index in [0.717, 1.165) is 12.0 Å². The molecule has 0 aliphatic heterocycles. The van der Waals surface area contributed by atoms with Crippen LogP contribution in [0.4, 0.5) is 0 Å². The number of fused-ring (bicyclic) bond motifs is 1. The second-order valence-electron chi connectivity index (χ2n) is 4.55. The number of hydrogen-bond donors (Lipinski definition) is 2. The van der Waals surface area contributed by atoms with Crippen LogP contribution in [-0.4, -0.2) is 10.5 Å². The van der Waals surface area contributed by atoms with Gasteiger partial charge in [-0.25, -0.2) is 0 Å². The van der Waals surface area contributed by atoms with Crippen molar-refractivity contribution in [1.82, 2.24) is 4.98 Å². The predicted molar refractivity (Wildman–Crippen MR) is 58.8 cm³/mol. The van der Waals surface area contributed by atoms with Crippen molar-refractivity contribution in [2.75, 3.05) is 0 Å². The SMILES string of the molecule is NC(c1ccncc1)C1(N)C2C=CCC21. The third kappa shape index (κ3) is 1.10. The van der Waals surface area contributed by atoms with Gasteiger partial charge in [-0.2, -0.15) is 0 Å². The normalized spacial score (nSPS) is 38.8. The zero-order valence-corrected chi connectivity index (χ0v) is 8.51. The van der Waals surface area contributed by atoms with Crippen LogP contribution in [0.5, 0.6) is 0 Å². The Labute approximate surface area is 89.2 Å². The molecule has 1 aromatic rings. The summed E-state index contributed by atoms with van der Waals surface area (Å²) in [5, 5.41) is 0. The standard InChI is InChI=1S/C12H15N3/c13-11(8-4-6-15-7-5-8)12(14)9-2-1-3-10(9)12/h1-2,4-7,9-11H,3,13-14H2. The number of allylic oxidation sites excluding steroid dienone is 1. The van der Waals surface area contributed by atoms with Crippen LogP contribution in [0.3, 0.4) is 0 Å². The van der Waals surface area contributed by atoms with E-state index in [1.807, 2.05) is 12.1 Å². The molecule has 4 atom stereocenters. The molecule has 3 rings (SSSR count). The van der Waals surface area contributed by atoms with Gasteiger partial charge in [0.15, 0.2) is 0 Å². The summed E-state index contributed by atoms with van der Waals surface area (Å²) in [6.07, 6.45) is 9.05. The van der Waals surface area contributed by atoms with E-state index in [-0.39, 0.29) is 11.6 Å². The molecule has 78 valence electrons. The summed E-state index contributed by atoms with van der Waals surface area (Å²) in [5.41, 5.74) is 13.5. The lowest BCUT2D eigenvalue weighted by atomic mass is 9.94. The van der Waals surface area contributed by atoms with Crippen molar-refractivity contribution in [3.05, 3.63) is 42.2 Å². The first-order valence-corrected chi connectivity index (χ1v) is 5.35. The molecule has 2 aliphatic rings. The molecule has 4 unspecified atom stereocenters. The molecule has 3 heteroatoms. The zero-order valence-electron chi connectivity index (χ0n) is 8.51. The molecule has 1 saturated carbocycles. The van der Waals surface area contributed by atoms with Crippen LogP contribution in [0.1, 0.15) is 18.0 Å². The fraction of sp³-hybridized carbons (Fsp3) is 0.417. The fourth-order valence-electron chi connectivity index (χ4n) is 2.86. The highest BCUT2D eigenvalue weighted by Gasteiger charge is 2.64. The largest absolute Gasteiger partial charge is 0.323 e. The molecule has 0 saturated heterocycles. The molecular formula is C12H15N3. The van der Waals surface area contributed by atoms with Gasteiger partial charge in [-0.1, -0.05) is 12.2 Å². The van der Waals surface area contributed by atoms with Crippen LogP contribution >= 0.6 is 0 Å². The number of pyridine rings is 1. The van der Waals surface area contributed by atoms with Crippen molar-refractivity contribution in [2.24, 2.45) is 23.3 Å². The number of aromatic nitrogens is 1. The quantitative estimate of drug-likeness (QED) is 0.701. The molecule has 2 aliphatic carbocycles. The van der Waals surface area contributed by atoms with Crippen molar-refractivity contribution in [3.8, 4) is 0 Å². The summed E-state index contributed by atoms with van der Waals surface area (Å²) in [6, 6.07) is 3.84. The second kappa shape index (κ2) is 2.90. The summed E-state index contributed by atoms with van der Waals surface area (Å²) in [7, 11) is 0. The second-order valence-corrected chi connectivity index (χ2v) is 4.55. The van der Waals surface area contributed by atoms with Crippen molar-refractivity contribution in [2.45, 2.75) is 18.0 Å². The third-order valence-electron chi connectivity index (χ3n) is 3.88. The molecule has 0 aromatic carbocycles. The summed E-state index contributed by atoms with van der Waals surface area (Å²) >= 11 is 0. The first-order chi connectivity index (χ1) is 7.24. The average Bonchev–Trinajstić information content (AvgIpc) is 2.71. The zero-order chi connectivity index (χ0) is 10.5. The molecule has 1 heterocycles. The van der Waals surface area contributed by atoms with E-state index in [1.165, 1.54) is 0 Å². The van der Waals surface area contributed by atoms with Crippen LogP contribution in [0.25, 0.3) is 0 Å². The van der Waals surface area contributed by atoms with E-state index in [2.05, 4.69) is 17.1 Å². The Morgan fingerprint density at radius 1 is 1.40 bits per heavy atom. The van der Waals surface area contributed by atoms with E-state index < -0.39 is 0 Å². The first-order valence-electron chi connectivity index (χ1n) is 5.35. The molecule has 1 fully saturated rings. The molecule has 1 aromatic heterocycles. The Bertz CT molecular complexity index is 401. The molecule has 0 radical (unpaired) electrons. The summed E-state index contributed by atoms with van der Waals surface area (Å²) in [5.74, 6) is 1.04. The lowest BCUT2D eigenvalue weighted by molar-refractivity contribution is 0.475. The Balaban J connectivity index is 1.88. The summed E-state index contributed by atoms with van der Waals surface area (Å²) in [4.78, 5) is 3.99. The van der Waals surface area contributed by atoms with Crippen LogP contribution in [-0.2, 0) is 0 Å². The fourth-order valence-corrected chi connectivity index (χ4v) is 2.86. The Morgan fingerprint density at radius 2 is 2.13 bits per heavy atom. The molecule has 0 bridgehead atoms. The van der Waals surface area contributed by atoms with E-state index in [4.69, 9.17) is 11.5 Å². The van der Waals surface area contributed by atoms with Gasteiger partial charge in [0, 0.05) is 29.9 Å². The molecule has 15 heavy (non-hydrogen) atoms. The van der Waals surface area contributed by atoms with E-state index >= 15 is 0 Å². The lowest BCUT2D eigenvalue weighted by Crippen LogP contribution is -2.40. The maximum absolute atomic E-state index is 6.37. The maximum Gasteiger partial charge on any atom is 0.0488 e. The van der Waals surface area contributed by atoms with Crippen LogP contribution in [0, 0.1) is 11.8 Å². The topological polar surface area (TPSA) is 64.9 Å². The minimum absolute atomic E-state index is 0.0690. The van der Waals surface area contributed by atoms with Gasteiger partial charge in [-0.3, -0.25) is 4.98 Å². The van der Waals surface area contributed by atoms with Gasteiger partial charge in [0.05, 0.1) is 0 Å². The van der Waals surface area contributed by atoms with E-state index in [0.29, 0.717) is 11.8 Å². The van der Waals surface area contributed by atoms with Crippen LogP contribution < -0.4 is 11.5 Å². The van der Waals surface area contributed by atoms with Crippen molar-refractivity contribution in [3.63, 3.8) is 0 Å². The minimum atomic E-state index is -0.212.